The van der Waals surface area contributed by atoms with Gasteiger partial charge >= 0.3 is 0 Å². The molecule has 0 aliphatic carbocycles. The third-order valence-electron chi connectivity index (χ3n) is 4.98. The van der Waals surface area contributed by atoms with Gasteiger partial charge in [0.25, 0.3) is 15.9 Å². The van der Waals surface area contributed by atoms with E-state index in [1.54, 1.807) is 18.9 Å². The number of rotatable bonds is 4. The molecule has 2 fully saturated rings. The summed E-state index contributed by atoms with van der Waals surface area (Å²) >= 11 is 0. The van der Waals surface area contributed by atoms with Crippen molar-refractivity contribution in [2.45, 2.75) is 55.8 Å². The number of piperidine rings is 1. The molecule has 2 aliphatic rings. The predicted octanol–water partition coefficient (Wildman–Crippen LogP) is 1.27. The van der Waals surface area contributed by atoms with Crippen LogP contribution in [0.2, 0.25) is 0 Å². The van der Waals surface area contributed by atoms with Crippen LogP contribution in [0.15, 0.2) is 15.6 Å². The lowest BCUT2D eigenvalue weighted by Crippen LogP contribution is -2.48. The van der Waals surface area contributed by atoms with E-state index in [1.807, 2.05) is 0 Å². The molecular formula is C15H24ClN3O4S. The molecule has 24 heavy (non-hydrogen) atoms. The van der Waals surface area contributed by atoms with Crippen LogP contribution in [0.3, 0.4) is 0 Å². The highest BCUT2D eigenvalue weighted by Gasteiger charge is 2.37. The molecule has 0 saturated carbocycles. The first kappa shape index (κ1) is 19.2. The quantitative estimate of drug-likeness (QED) is 0.824. The van der Waals surface area contributed by atoms with Crippen LogP contribution < -0.4 is 10.0 Å². The van der Waals surface area contributed by atoms with Crippen LogP contribution in [0.4, 0.5) is 0 Å². The molecule has 3 heterocycles. The van der Waals surface area contributed by atoms with Gasteiger partial charge in [-0.25, -0.2) is 13.1 Å². The molecule has 2 bridgehead atoms. The topological polar surface area (TPSA) is 91.7 Å². The van der Waals surface area contributed by atoms with E-state index in [1.165, 1.54) is 26.0 Å². The van der Waals surface area contributed by atoms with Gasteiger partial charge in [-0.3, -0.25) is 4.79 Å². The van der Waals surface area contributed by atoms with Gasteiger partial charge in [0.1, 0.15) is 5.76 Å². The zero-order valence-corrected chi connectivity index (χ0v) is 15.7. The third-order valence-corrected chi connectivity index (χ3v) is 6.24. The maximum absolute atomic E-state index is 12.8. The predicted molar refractivity (Wildman–Crippen MR) is 92.0 cm³/mol. The van der Waals surface area contributed by atoms with E-state index in [-0.39, 0.29) is 29.4 Å². The Bertz CT molecular complexity index is 706. The number of furan rings is 1. The van der Waals surface area contributed by atoms with Gasteiger partial charge in [0.2, 0.25) is 5.09 Å². The second-order valence-corrected chi connectivity index (χ2v) is 8.24. The Hall–Kier alpha value is -1.09. The fraction of sp³-hybridized carbons (Fsp3) is 0.667. The number of carbonyl (C=O) groups excluding carboxylic acids is 1. The van der Waals surface area contributed by atoms with Crippen molar-refractivity contribution in [1.82, 2.24) is 14.9 Å². The summed E-state index contributed by atoms with van der Waals surface area (Å²) in [5.74, 6) is 0.141. The van der Waals surface area contributed by atoms with E-state index >= 15 is 0 Å². The van der Waals surface area contributed by atoms with Crippen molar-refractivity contribution in [1.29, 1.82) is 0 Å². The minimum atomic E-state index is -3.69. The number of amides is 1. The van der Waals surface area contributed by atoms with Gasteiger partial charge in [0.05, 0.1) is 5.56 Å². The van der Waals surface area contributed by atoms with Gasteiger partial charge in [-0.2, -0.15) is 0 Å². The number of carbonyl (C=O) groups is 1. The summed E-state index contributed by atoms with van der Waals surface area (Å²) in [7, 11) is -0.590. The number of aryl methyl sites for hydroxylation is 1. The van der Waals surface area contributed by atoms with Crippen LogP contribution in [0.25, 0.3) is 0 Å². The average Bonchev–Trinajstić information content (AvgIpc) is 3.08. The smallest absolute Gasteiger partial charge is 0.273 e. The summed E-state index contributed by atoms with van der Waals surface area (Å²) in [6.45, 7) is 1.61. The Kier molecular flexibility index (Phi) is 5.64. The third kappa shape index (κ3) is 3.46. The molecule has 136 valence electrons. The van der Waals surface area contributed by atoms with E-state index in [0.29, 0.717) is 23.4 Å². The highest BCUT2D eigenvalue weighted by atomic mass is 35.5. The molecule has 0 radical (unpaired) electrons. The summed E-state index contributed by atoms with van der Waals surface area (Å²) in [4.78, 5) is 14.5. The van der Waals surface area contributed by atoms with Crippen LogP contribution in [0.1, 0.15) is 41.8 Å². The van der Waals surface area contributed by atoms with E-state index in [0.717, 1.165) is 12.8 Å². The number of fused-ring (bicyclic) bond motifs is 2. The maximum atomic E-state index is 12.8. The van der Waals surface area contributed by atoms with Crippen LogP contribution in [-0.4, -0.2) is 51.4 Å². The molecule has 3 rings (SSSR count). The zero-order valence-electron chi connectivity index (χ0n) is 14.0. The molecule has 1 amide bonds. The first-order valence-electron chi connectivity index (χ1n) is 7.89. The Labute approximate surface area is 148 Å². The summed E-state index contributed by atoms with van der Waals surface area (Å²) in [5, 5.41) is 3.33. The highest BCUT2D eigenvalue weighted by molar-refractivity contribution is 7.89. The molecule has 2 atom stereocenters. The fourth-order valence-corrected chi connectivity index (χ4v) is 4.31. The first-order chi connectivity index (χ1) is 10.8. The zero-order chi connectivity index (χ0) is 16.8. The minimum absolute atomic E-state index is 0. The van der Waals surface area contributed by atoms with E-state index < -0.39 is 10.0 Å². The van der Waals surface area contributed by atoms with Crippen LogP contribution >= 0.6 is 12.4 Å². The summed E-state index contributed by atoms with van der Waals surface area (Å²) in [6, 6.07) is 2.47. The van der Waals surface area contributed by atoms with Crippen molar-refractivity contribution < 1.29 is 17.6 Å². The fourth-order valence-electron chi connectivity index (χ4n) is 3.60. The number of hydrogen-bond donors (Lipinski definition) is 2. The monoisotopic (exact) mass is 377 g/mol. The van der Waals surface area contributed by atoms with E-state index in [4.69, 9.17) is 4.42 Å². The second kappa shape index (κ2) is 7.03. The van der Waals surface area contributed by atoms with E-state index in [2.05, 4.69) is 10.0 Å². The number of nitrogens with one attached hydrogen (secondary N) is 2. The van der Waals surface area contributed by atoms with Crippen LogP contribution in [-0.2, 0) is 10.0 Å². The second-order valence-electron chi connectivity index (χ2n) is 6.42. The molecular weight excluding hydrogens is 354 g/mol. The van der Waals surface area contributed by atoms with Crippen molar-refractivity contribution in [3.63, 3.8) is 0 Å². The molecule has 1 aromatic rings. The van der Waals surface area contributed by atoms with Gasteiger partial charge in [0, 0.05) is 31.2 Å². The lowest BCUT2D eigenvalue weighted by atomic mass is 9.98. The van der Waals surface area contributed by atoms with Gasteiger partial charge in [-0.1, -0.05) is 0 Å². The summed E-state index contributed by atoms with van der Waals surface area (Å²) < 4.78 is 31.1. The summed E-state index contributed by atoms with van der Waals surface area (Å²) in [6.07, 6.45) is 4.21. The Morgan fingerprint density at radius 1 is 1.33 bits per heavy atom. The SMILES string of the molecule is CNS(=O)(=O)c1cc(C(=O)N(C)C2CC3CCC(C2)N3)c(C)o1.Cl. The standard InChI is InChI=1S/C15H23N3O4S.ClH/c1-9-13(8-14(22-9)23(20,21)16-2)15(19)18(3)12-6-10-4-5-11(7-12)17-10;/h8,10-12,16-17H,4-7H2,1-3H3;1H. The minimum Gasteiger partial charge on any atom is -0.448 e. The average molecular weight is 378 g/mol. The number of hydrogen-bond acceptors (Lipinski definition) is 5. The van der Waals surface area contributed by atoms with Gasteiger partial charge in [-0.05, 0) is 39.7 Å². The molecule has 0 aromatic carbocycles. The number of sulfonamides is 1. The van der Waals surface area contributed by atoms with Crippen molar-refractivity contribution in [3.8, 4) is 0 Å². The molecule has 1 aromatic heterocycles. The Morgan fingerprint density at radius 2 is 1.92 bits per heavy atom. The van der Waals surface area contributed by atoms with Crippen LogP contribution in [0.5, 0.6) is 0 Å². The molecule has 2 saturated heterocycles. The van der Waals surface area contributed by atoms with Crippen LogP contribution in [0, 0.1) is 6.92 Å². The summed E-state index contributed by atoms with van der Waals surface area (Å²) in [5.41, 5.74) is 0.312. The van der Waals surface area contributed by atoms with Crippen molar-refractivity contribution in [3.05, 3.63) is 17.4 Å². The lowest BCUT2D eigenvalue weighted by molar-refractivity contribution is 0.0680. The molecule has 2 aliphatic heterocycles. The van der Waals surface area contributed by atoms with Gasteiger partial charge in [0.15, 0.2) is 0 Å². The van der Waals surface area contributed by atoms with Crippen molar-refractivity contribution >= 4 is 28.3 Å². The maximum Gasteiger partial charge on any atom is 0.273 e. The molecule has 2 unspecified atom stereocenters. The van der Waals surface area contributed by atoms with E-state index in [9.17, 15) is 13.2 Å². The molecule has 0 spiro atoms. The highest BCUT2D eigenvalue weighted by Crippen LogP contribution is 2.30. The first-order valence-corrected chi connectivity index (χ1v) is 9.37. The number of halogens is 1. The Balaban J connectivity index is 0.00000208. The van der Waals surface area contributed by atoms with Crippen molar-refractivity contribution in [2.24, 2.45) is 0 Å². The Morgan fingerprint density at radius 3 is 2.46 bits per heavy atom. The molecule has 9 heteroatoms. The molecule has 7 nitrogen and oxygen atoms in total. The molecule has 2 N–H and O–H groups in total. The van der Waals surface area contributed by atoms with Gasteiger partial charge < -0.3 is 14.6 Å². The largest absolute Gasteiger partial charge is 0.448 e. The van der Waals surface area contributed by atoms with Crippen molar-refractivity contribution in [2.75, 3.05) is 14.1 Å². The normalized spacial score (nSPS) is 26.0. The number of nitrogens with zero attached hydrogens (tertiary/aromatic N) is 1. The lowest BCUT2D eigenvalue weighted by Gasteiger charge is -2.35. The van der Waals surface area contributed by atoms with Gasteiger partial charge in [-0.15, -0.1) is 12.4 Å².